The van der Waals surface area contributed by atoms with Gasteiger partial charge < -0.3 is 14.8 Å². The highest BCUT2D eigenvalue weighted by atomic mass is 16.5. The molecule has 2 bridgehead atoms. The molecule has 1 saturated heterocycles. The van der Waals surface area contributed by atoms with Crippen LogP contribution in [0.1, 0.15) is 23.7 Å². The van der Waals surface area contributed by atoms with E-state index >= 15 is 0 Å². The number of esters is 2. The molecule has 2 aliphatic carbocycles. The lowest BCUT2D eigenvalue weighted by Crippen LogP contribution is -2.38. The molecule has 3 aliphatic rings. The van der Waals surface area contributed by atoms with E-state index in [0.29, 0.717) is 11.3 Å². The Morgan fingerprint density at radius 1 is 1.00 bits per heavy atom. The summed E-state index contributed by atoms with van der Waals surface area (Å²) < 4.78 is 9.82. The Labute approximate surface area is 178 Å². The van der Waals surface area contributed by atoms with E-state index in [9.17, 15) is 24.0 Å². The van der Waals surface area contributed by atoms with Crippen LogP contribution >= 0.6 is 0 Å². The largest absolute Gasteiger partial charge is 0.462 e. The standard InChI is InChI=1S/C22H22N2O7/c1-2-30-22(29)12-5-7-15(8-6-12)23-16(25)11-31-17(26)10-24-20(27)18-13-3-4-14(9-13)19(18)21(24)28/h3-8,13-14,18-19H,2,9-11H2,1H3,(H,23,25)/t13-,14-,18+,19+/m0/s1. The van der Waals surface area contributed by atoms with Crippen molar-refractivity contribution in [3.63, 3.8) is 0 Å². The van der Waals surface area contributed by atoms with Gasteiger partial charge in [-0.05, 0) is 49.4 Å². The Balaban J connectivity index is 1.25. The molecule has 0 radical (unpaired) electrons. The molecule has 1 aliphatic heterocycles. The van der Waals surface area contributed by atoms with Gasteiger partial charge in [0.15, 0.2) is 6.61 Å². The van der Waals surface area contributed by atoms with Crippen LogP contribution in [0.3, 0.4) is 0 Å². The van der Waals surface area contributed by atoms with Gasteiger partial charge in [-0.15, -0.1) is 0 Å². The van der Waals surface area contributed by atoms with Crippen LogP contribution in [-0.2, 0) is 28.7 Å². The number of nitrogens with one attached hydrogen (secondary N) is 1. The number of amides is 3. The summed E-state index contributed by atoms with van der Waals surface area (Å²) >= 11 is 0. The van der Waals surface area contributed by atoms with E-state index in [1.807, 2.05) is 12.2 Å². The molecule has 0 spiro atoms. The van der Waals surface area contributed by atoms with Gasteiger partial charge in [-0.1, -0.05) is 12.2 Å². The lowest BCUT2D eigenvalue weighted by Gasteiger charge is -2.16. The number of rotatable bonds is 7. The van der Waals surface area contributed by atoms with Crippen LogP contribution in [0, 0.1) is 23.7 Å². The quantitative estimate of drug-likeness (QED) is 0.395. The van der Waals surface area contributed by atoms with Gasteiger partial charge in [0, 0.05) is 5.69 Å². The van der Waals surface area contributed by atoms with Crippen molar-refractivity contribution in [1.82, 2.24) is 4.90 Å². The second-order valence-electron chi connectivity index (χ2n) is 7.77. The van der Waals surface area contributed by atoms with Gasteiger partial charge in [0.2, 0.25) is 11.8 Å². The lowest BCUT2D eigenvalue weighted by molar-refractivity contribution is -0.154. The number of benzene rings is 1. The average Bonchev–Trinajstić information content (AvgIpc) is 3.43. The van der Waals surface area contributed by atoms with E-state index in [2.05, 4.69) is 5.32 Å². The number of ether oxygens (including phenoxy) is 2. The van der Waals surface area contributed by atoms with E-state index in [1.165, 1.54) is 24.3 Å². The highest BCUT2D eigenvalue weighted by molar-refractivity contribution is 6.08. The van der Waals surface area contributed by atoms with E-state index < -0.39 is 31.0 Å². The summed E-state index contributed by atoms with van der Waals surface area (Å²) in [7, 11) is 0. The molecule has 0 unspecified atom stereocenters. The van der Waals surface area contributed by atoms with Crippen molar-refractivity contribution >= 4 is 35.3 Å². The Morgan fingerprint density at radius 3 is 2.19 bits per heavy atom. The molecule has 2 fully saturated rings. The summed E-state index contributed by atoms with van der Waals surface area (Å²) in [5, 5.41) is 2.53. The third-order valence-electron chi connectivity index (χ3n) is 5.89. The summed E-state index contributed by atoms with van der Waals surface area (Å²) in [6.07, 6.45) is 4.76. The Bertz CT molecular complexity index is 939. The van der Waals surface area contributed by atoms with Gasteiger partial charge in [-0.3, -0.25) is 24.1 Å². The van der Waals surface area contributed by atoms with Crippen LogP contribution in [-0.4, -0.2) is 54.3 Å². The van der Waals surface area contributed by atoms with Crippen molar-refractivity contribution in [2.24, 2.45) is 23.7 Å². The fourth-order valence-corrected chi connectivity index (χ4v) is 4.54. The summed E-state index contributed by atoms with van der Waals surface area (Å²) in [5.41, 5.74) is 0.759. The Kier molecular flexibility index (Phi) is 5.58. The zero-order valence-corrected chi connectivity index (χ0v) is 16.9. The molecule has 1 aromatic rings. The van der Waals surface area contributed by atoms with Crippen molar-refractivity contribution in [2.45, 2.75) is 13.3 Å². The number of hydrogen-bond donors (Lipinski definition) is 1. The number of imide groups is 1. The molecule has 1 saturated carbocycles. The third-order valence-corrected chi connectivity index (χ3v) is 5.89. The van der Waals surface area contributed by atoms with Crippen molar-refractivity contribution in [3.8, 4) is 0 Å². The molecule has 1 heterocycles. The summed E-state index contributed by atoms with van der Waals surface area (Å²) in [5.74, 6) is -3.18. The first-order chi connectivity index (χ1) is 14.9. The monoisotopic (exact) mass is 426 g/mol. The highest BCUT2D eigenvalue weighted by Crippen LogP contribution is 2.52. The minimum Gasteiger partial charge on any atom is -0.462 e. The number of nitrogens with zero attached hydrogens (tertiary/aromatic N) is 1. The molecule has 4 atom stereocenters. The molecule has 4 rings (SSSR count). The molecule has 9 nitrogen and oxygen atoms in total. The zero-order valence-electron chi connectivity index (χ0n) is 16.9. The van der Waals surface area contributed by atoms with Gasteiger partial charge in [-0.25, -0.2) is 4.79 Å². The topological polar surface area (TPSA) is 119 Å². The fourth-order valence-electron chi connectivity index (χ4n) is 4.54. The smallest absolute Gasteiger partial charge is 0.338 e. The molecular formula is C22H22N2O7. The predicted molar refractivity (Wildman–Crippen MR) is 106 cm³/mol. The number of carbonyl (C=O) groups excluding carboxylic acids is 5. The number of anilines is 1. The van der Waals surface area contributed by atoms with Crippen LogP contribution in [0.2, 0.25) is 0 Å². The minimum absolute atomic E-state index is 0.0634. The van der Waals surface area contributed by atoms with Crippen LogP contribution in [0.5, 0.6) is 0 Å². The van der Waals surface area contributed by atoms with Crippen LogP contribution in [0.25, 0.3) is 0 Å². The second-order valence-corrected chi connectivity index (χ2v) is 7.77. The molecule has 3 amide bonds. The maximum absolute atomic E-state index is 12.6. The van der Waals surface area contributed by atoms with Crippen molar-refractivity contribution in [3.05, 3.63) is 42.0 Å². The lowest BCUT2D eigenvalue weighted by atomic mass is 9.85. The highest BCUT2D eigenvalue weighted by Gasteiger charge is 2.59. The summed E-state index contributed by atoms with van der Waals surface area (Å²) in [4.78, 5) is 61.9. The molecule has 1 aromatic carbocycles. The fraction of sp³-hybridized carbons (Fsp3) is 0.409. The first kappa shape index (κ1) is 20.8. The molecule has 0 aromatic heterocycles. The number of allylic oxidation sites excluding steroid dienone is 2. The van der Waals surface area contributed by atoms with E-state index in [-0.39, 0.29) is 42.1 Å². The van der Waals surface area contributed by atoms with Crippen molar-refractivity contribution < 1.29 is 33.4 Å². The molecule has 9 heteroatoms. The van der Waals surface area contributed by atoms with Crippen LogP contribution in [0.15, 0.2) is 36.4 Å². The van der Waals surface area contributed by atoms with Gasteiger partial charge in [-0.2, -0.15) is 0 Å². The molecule has 1 N–H and O–H groups in total. The Morgan fingerprint density at radius 2 is 1.61 bits per heavy atom. The second kappa shape index (κ2) is 8.33. The molecule has 31 heavy (non-hydrogen) atoms. The normalized spacial score (nSPS) is 25.5. The number of fused-ring (bicyclic) bond motifs is 5. The number of hydrogen-bond acceptors (Lipinski definition) is 7. The summed E-state index contributed by atoms with van der Waals surface area (Å²) in [6, 6.07) is 6.05. The Hall–Kier alpha value is -3.49. The number of likely N-dealkylation sites (tertiary alicyclic amines) is 1. The van der Waals surface area contributed by atoms with Gasteiger partial charge >= 0.3 is 11.9 Å². The first-order valence-electron chi connectivity index (χ1n) is 10.1. The summed E-state index contributed by atoms with van der Waals surface area (Å²) in [6.45, 7) is 0.909. The number of carbonyl (C=O) groups is 5. The van der Waals surface area contributed by atoms with E-state index in [4.69, 9.17) is 9.47 Å². The first-order valence-corrected chi connectivity index (χ1v) is 10.1. The van der Waals surface area contributed by atoms with Crippen LogP contribution in [0.4, 0.5) is 5.69 Å². The van der Waals surface area contributed by atoms with Crippen molar-refractivity contribution in [2.75, 3.05) is 25.1 Å². The molecular weight excluding hydrogens is 404 g/mol. The van der Waals surface area contributed by atoms with Gasteiger partial charge in [0.1, 0.15) is 6.54 Å². The average molecular weight is 426 g/mol. The predicted octanol–water partition coefficient (Wildman–Crippen LogP) is 1.15. The third kappa shape index (κ3) is 3.95. The van der Waals surface area contributed by atoms with Crippen molar-refractivity contribution in [1.29, 1.82) is 0 Å². The maximum atomic E-state index is 12.6. The SMILES string of the molecule is CCOC(=O)c1ccc(NC(=O)COC(=O)CN2C(=O)[C@H]3[C@H](C2=O)[C@H]2C=C[C@H]3C2)cc1. The molecule has 162 valence electrons. The van der Waals surface area contributed by atoms with Gasteiger partial charge in [0.25, 0.3) is 5.91 Å². The van der Waals surface area contributed by atoms with Gasteiger partial charge in [0.05, 0.1) is 24.0 Å². The maximum Gasteiger partial charge on any atom is 0.338 e. The van der Waals surface area contributed by atoms with E-state index in [0.717, 1.165) is 11.3 Å². The van der Waals surface area contributed by atoms with E-state index in [1.54, 1.807) is 6.92 Å². The minimum atomic E-state index is -0.824. The zero-order chi connectivity index (χ0) is 22.1. The van der Waals surface area contributed by atoms with Crippen LogP contribution < -0.4 is 5.32 Å².